The zero-order chi connectivity index (χ0) is 12.7. The number of nitrogens with zero attached hydrogens (tertiary/aromatic N) is 3. The van der Waals surface area contributed by atoms with Crippen LogP contribution < -0.4 is 10.6 Å². The largest absolute Gasteiger partial charge is 0.349 e. The van der Waals surface area contributed by atoms with Crippen molar-refractivity contribution in [1.29, 1.82) is 0 Å². The molecule has 1 rings (SSSR count). The fourth-order valence-electron chi connectivity index (χ4n) is 1.47. The van der Waals surface area contributed by atoms with Gasteiger partial charge < -0.3 is 15.2 Å². The van der Waals surface area contributed by atoms with Crippen molar-refractivity contribution >= 4 is 5.91 Å². The van der Waals surface area contributed by atoms with E-state index in [1.807, 2.05) is 25.3 Å². The van der Waals surface area contributed by atoms with Crippen LogP contribution >= 0.6 is 0 Å². The summed E-state index contributed by atoms with van der Waals surface area (Å²) in [5, 5.41) is 13.8. The molecule has 2 N–H and O–H groups in total. The highest BCUT2D eigenvalue weighted by atomic mass is 16.1. The van der Waals surface area contributed by atoms with Gasteiger partial charge in [0, 0.05) is 19.0 Å². The Balaban J connectivity index is 2.37. The van der Waals surface area contributed by atoms with Gasteiger partial charge in [-0.1, -0.05) is 13.8 Å². The first-order valence-electron chi connectivity index (χ1n) is 6.04. The van der Waals surface area contributed by atoms with Gasteiger partial charge in [0.05, 0.1) is 6.54 Å². The van der Waals surface area contributed by atoms with E-state index in [4.69, 9.17) is 0 Å². The molecule has 1 aromatic heterocycles. The van der Waals surface area contributed by atoms with Crippen molar-refractivity contribution in [3.8, 4) is 0 Å². The summed E-state index contributed by atoms with van der Waals surface area (Å²) in [4.78, 5) is 11.7. The van der Waals surface area contributed by atoms with Crippen molar-refractivity contribution in [2.24, 2.45) is 5.92 Å². The van der Waals surface area contributed by atoms with Crippen molar-refractivity contribution in [1.82, 2.24) is 25.4 Å². The number of carbonyl (C=O) groups excluding carboxylic acids is 1. The van der Waals surface area contributed by atoms with Crippen LogP contribution in [0.2, 0.25) is 0 Å². The van der Waals surface area contributed by atoms with E-state index < -0.39 is 0 Å². The zero-order valence-electron chi connectivity index (χ0n) is 10.7. The molecule has 0 aliphatic heterocycles. The average molecular weight is 239 g/mol. The molecule has 1 aromatic rings. The second-order valence-corrected chi connectivity index (χ2v) is 3.96. The lowest BCUT2D eigenvalue weighted by molar-refractivity contribution is -0.124. The minimum absolute atomic E-state index is 0.0343. The number of hydrogen-bond donors (Lipinski definition) is 2. The lowest BCUT2D eigenvalue weighted by Crippen LogP contribution is -2.35. The first kappa shape index (κ1) is 13.6. The summed E-state index contributed by atoms with van der Waals surface area (Å²) in [5.74, 6) is 0.793. The summed E-state index contributed by atoms with van der Waals surface area (Å²) in [7, 11) is 0. The van der Waals surface area contributed by atoms with Crippen molar-refractivity contribution < 1.29 is 4.79 Å². The Morgan fingerprint density at radius 2 is 2.29 bits per heavy atom. The van der Waals surface area contributed by atoms with Gasteiger partial charge in [0.25, 0.3) is 0 Å². The summed E-state index contributed by atoms with van der Waals surface area (Å²) < 4.78 is 1.91. The Labute approximate surface area is 102 Å². The third-order valence-electron chi connectivity index (χ3n) is 2.61. The van der Waals surface area contributed by atoms with Crippen LogP contribution in [0.15, 0.2) is 6.33 Å². The molecule has 0 saturated carbocycles. The molecule has 0 aliphatic carbocycles. The van der Waals surface area contributed by atoms with Crippen LogP contribution in [0.25, 0.3) is 0 Å². The average Bonchev–Trinajstić information content (AvgIpc) is 2.80. The molecule has 96 valence electrons. The summed E-state index contributed by atoms with van der Waals surface area (Å²) in [6.07, 6.45) is 1.67. The second-order valence-electron chi connectivity index (χ2n) is 3.96. The summed E-state index contributed by atoms with van der Waals surface area (Å²) >= 11 is 0. The van der Waals surface area contributed by atoms with Crippen LogP contribution in [0, 0.1) is 5.92 Å². The summed E-state index contributed by atoms with van der Waals surface area (Å²) in [6, 6.07) is 0. The SMILES string of the molecule is CCNCC(C)C(=O)NCc1nncn1CC. The Morgan fingerprint density at radius 1 is 1.53 bits per heavy atom. The molecule has 1 heterocycles. The zero-order valence-corrected chi connectivity index (χ0v) is 10.7. The monoisotopic (exact) mass is 239 g/mol. The Bertz CT molecular complexity index is 349. The molecular weight excluding hydrogens is 218 g/mol. The highest BCUT2D eigenvalue weighted by Crippen LogP contribution is 1.97. The molecule has 6 nitrogen and oxygen atoms in total. The van der Waals surface area contributed by atoms with Gasteiger partial charge in [-0.3, -0.25) is 4.79 Å². The van der Waals surface area contributed by atoms with Gasteiger partial charge >= 0.3 is 0 Å². The smallest absolute Gasteiger partial charge is 0.224 e. The fourth-order valence-corrected chi connectivity index (χ4v) is 1.47. The predicted molar refractivity (Wildman–Crippen MR) is 65.3 cm³/mol. The van der Waals surface area contributed by atoms with Crippen LogP contribution in [0.4, 0.5) is 0 Å². The van der Waals surface area contributed by atoms with E-state index >= 15 is 0 Å². The number of aromatic nitrogens is 3. The van der Waals surface area contributed by atoms with Crippen LogP contribution in [0.1, 0.15) is 26.6 Å². The van der Waals surface area contributed by atoms with Gasteiger partial charge in [0.2, 0.25) is 5.91 Å². The van der Waals surface area contributed by atoms with Crippen LogP contribution in [0.3, 0.4) is 0 Å². The van der Waals surface area contributed by atoms with Crippen molar-refractivity contribution in [3.05, 3.63) is 12.2 Å². The van der Waals surface area contributed by atoms with Crippen LogP contribution in [-0.2, 0) is 17.9 Å². The predicted octanol–water partition coefficient (Wildman–Crippen LogP) is 0.160. The number of carbonyl (C=O) groups is 1. The quantitative estimate of drug-likeness (QED) is 0.711. The number of hydrogen-bond acceptors (Lipinski definition) is 4. The molecular formula is C11H21N5O. The standard InChI is InChI=1S/C11H21N5O/c1-4-12-6-9(3)11(17)13-7-10-15-14-8-16(10)5-2/h8-9,12H,4-7H2,1-3H3,(H,13,17). The topological polar surface area (TPSA) is 71.8 Å². The number of nitrogens with one attached hydrogen (secondary N) is 2. The maximum absolute atomic E-state index is 11.7. The van der Waals surface area contributed by atoms with Gasteiger partial charge in [0.15, 0.2) is 5.82 Å². The van der Waals surface area contributed by atoms with Crippen molar-refractivity contribution in [3.63, 3.8) is 0 Å². The minimum atomic E-state index is -0.0343. The first-order chi connectivity index (χ1) is 8.19. The van der Waals surface area contributed by atoms with E-state index in [1.165, 1.54) is 0 Å². The van der Waals surface area contributed by atoms with Crippen LogP contribution in [-0.4, -0.2) is 33.8 Å². The van der Waals surface area contributed by atoms with Crippen molar-refractivity contribution in [2.45, 2.75) is 33.9 Å². The molecule has 0 spiro atoms. The lowest BCUT2D eigenvalue weighted by Gasteiger charge is -2.12. The Morgan fingerprint density at radius 3 is 2.94 bits per heavy atom. The molecule has 0 radical (unpaired) electrons. The third-order valence-corrected chi connectivity index (χ3v) is 2.61. The molecule has 1 amide bonds. The van der Waals surface area contributed by atoms with Crippen LogP contribution in [0.5, 0.6) is 0 Å². The maximum atomic E-state index is 11.7. The van der Waals surface area contributed by atoms with E-state index in [0.717, 1.165) is 18.9 Å². The van der Waals surface area contributed by atoms with Gasteiger partial charge in [-0.2, -0.15) is 0 Å². The minimum Gasteiger partial charge on any atom is -0.349 e. The summed E-state index contributed by atoms with van der Waals surface area (Å²) in [5.41, 5.74) is 0. The first-order valence-corrected chi connectivity index (χ1v) is 6.04. The third kappa shape index (κ3) is 4.14. The molecule has 1 unspecified atom stereocenters. The molecule has 1 atom stereocenters. The van der Waals surface area contributed by atoms with E-state index in [1.54, 1.807) is 6.33 Å². The molecule has 17 heavy (non-hydrogen) atoms. The fraction of sp³-hybridized carbons (Fsp3) is 0.727. The molecule has 0 aromatic carbocycles. The number of amides is 1. The maximum Gasteiger partial charge on any atom is 0.224 e. The Kier molecular flexibility index (Phi) is 5.62. The molecule has 0 fully saturated rings. The highest BCUT2D eigenvalue weighted by molar-refractivity contribution is 5.78. The van der Waals surface area contributed by atoms with Crippen molar-refractivity contribution in [2.75, 3.05) is 13.1 Å². The lowest BCUT2D eigenvalue weighted by atomic mass is 10.1. The molecule has 0 aliphatic rings. The van der Waals surface area contributed by atoms with Gasteiger partial charge in [0.1, 0.15) is 6.33 Å². The van der Waals surface area contributed by atoms with E-state index in [9.17, 15) is 4.79 Å². The number of aryl methyl sites for hydroxylation is 1. The Hall–Kier alpha value is -1.43. The van der Waals surface area contributed by atoms with Gasteiger partial charge in [-0.25, -0.2) is 0 Å². The summed E-state index contributed by atoms with van der Waals surface area (Å²) in [6.45, 7) is 8.76. The van der Waals surface area contributed by atoms with E-state index in [0.29, 0.717) is 13.1 Å². The second kappa shape index (κ2) is 7.01. The van der Waals surface area contributed by atoms with E-state index in [2.05, 4.69) is 20.8 Å². The molecule has 0 bridgehead atoms. The van der Waals surface area contributed by atoms with Gasteiger partial charge in [-0.15, -0.1) is 10.2 Å². The molecule has 6 heteroatoms. The van der Waals surface area contributed by atoms with Gasteiger partial charge in [-0.05, 0) is 13.5 Å². The normalized spacial score (nSPS) is 12.4. The number of rotatable bonds is 7. The molecule has 0 saturated heterocycles. The van der Waals surface area contributed by atoms with E-state index in [-0.39, 0.29) is 11.8 Å². The highest BCUT2D eigenvalue weighted by Gasteiger charge is 2.12.